The first-order valence-electron chi connectivity index (χ1n) is 6.49. The van der Waals surface area contributed by atoms with Crippen LogP contribution >= 0.6 is 23.1 Å². The Hall–Kier alpha value is -1.90. The summed E-state index contributed by atoms with van der Waals surface area (Å²) in [6, 6.07) is 5.85. The molecule has 0 aliphatic carbocycles. The first kappa shape index (κ1) is 12.8. The number of aromatic nitrogens is 5. The lowest BCUT2D eigenvalue weighted by Gasteiger charge is -2.01. The van der Waals surface area contributed by atoms with E-state index >= 15 is 0 Å². The Morgan fingerprint density at radius 3 is 3.05 bits per heavy atom. The number of hydrogen-bond acceptors (Lipinski definition) is 6. The summed E-state index contributed by atoms with van der Waals surface area (Å²) < 4.78 is 4.06. The molecule has 2 N–H and O–H groups in total. The van der Waals surface area contributed by atoms with Gasteiger partial charge in [-0.25, -0.2) is 4.98 Å². The van der Waals surface area contributed by atoms with E-state index in [-0.39, 0.29) is 0 Å². The van der Waals surface area contributed by atoms with Gasteiger partial charge in [-0.1, -0.05) is 6.07 Å². The monoisotopic (exact) mass is 316 g/mol. The molecule has 6 nitrogen and oxygen atoms in total. The van der Waals surface area contributed by atoms with Crippen LogP contribution in [0.2, 0.25) is 0 Å². The number of fused-ring (bicyclic) bond motifs is 2. The van der Waals surface area contributed by atoms with Crippen molar-refractivity contribution < 1.29 is 0 Å². The van der Waals surface area contributed by atoms with Gasteiger partial charge in [-0.05, 0) is 30.4 Å². The number of thiazole rings is 1. The summed E-state index contributed by atoms with van der Waals surface area (Å²) in [5, 5.41) is 12.2. The Morgan fingerprint density at radius 2 is 2.14 bits per heavy atom. The fourth-order valence-corrected chi connectivity index (χ4v) is 3.98. The molecule has 4 aromatic rings. The summed E-state index contributed by atoms with van der Waals surface area (Å²) in [6.45, 7) is 0.595. The Balaban J connectivity index is 1.79. The van der Waals surface area contributed by atoms with Gasteiger partial charge in [-0.3, -0.25) is 8.80 Å². The van der Waals surface area contributed by atoms with Crippen LogP contribution < -0.4 is 5.73 Å². The Kier molecular flexibility index (Phi) is 3.13. The van der Waals surface area contributed by atoms with Crippen LogP contribution in [0.3, 0.4) is 0 Å². The van der Waals surface area contributed by atoms with Gasteiger partial charge in [0.2, 0.25) is 5.16 Å². The van der Waals surface area contributed by atoms with Gasteiger partial charge in [-0.15, -0.1) is 21.5 Å². The van der Waals surface area contributed by atoms with Crippen LogP contribution in [0.25, 0.3) is 10.6 Å². The molecule has 4 rings (SSSR count). The zero-order valence-corrected chi connectivity index (χ0v) is 12.6. The average molecular weight is 316 g/mol. The molecule has 0 aliphatic rings. The highest BCUT2D eigenvalue weighted by molar-refractivity contribution is 7.99. The first-order chi connectivity index (χ1) is 10.4. The third-order valence-electron chi connectivity index (χ3n) is 3.18. The van der Waals surface area contributed by atoms with Gasteiger partial charge in [0.05, 0.1) is 5.69 Å². The lowest BCUT2D eigenvalue weighted by Crippen LogP contribution is -2.05. The van der Waals surface area contributed by atoms with Gasteiger partial charge >= 0.3 is 0 Å². The molecule has 0 aliphatic heterocycles. The second kappa shape index (κ2) is 5.14. The maximum Gasteiger partial charge on any atom is 0.201 e. The minimum Gasteiger partial charge on any atom is -0.330 e. The van der Waals surface area contributed by atoms with E-state index in [1.165, 1.54) is 11.8 Å². The van der Waals surface area contributed by atoms with Crippen molar-refractivity contribution in [1.82, 2.24) is 24.0 Å². The van der Waals surface area contributed by atoms with Crippen LogP contribution in [-0.2, 0) is 6.42 Å². The van der Waals surface area contributed by atoms with Crippen molar-refractivity contribution in [1.29, 1.82) is 0 Å². The topological polar surface area (TPSA) is 73.5 Å². The average Bonchev–Trinajstić information content (AvgIpc) is 3.18. The molecule has 0 spiro atoms. The van der Waals surface area contributed by atoms with E-state index in [0.29, 0.717) is 6.54 Å². The van der Waals surface area contributed by atoms with Crippen LogP contribution in [0.1, 0.15) is 5.69 Å². The second-order valence-electron chi connectivity index (χ2n) is 4.47. The molecule has 0 bridgehead atoms. The van der Waals surface area contributed by atoms with Crippen molar-refractivity contribution in [3.63, 3.8) is 0 Å². The number of nitrogens with two attached hydrogens (primary N) is 1. The molecule has 0 atom stereocenters. The lowest BCUT2D eigenvalue weighted by atomic mass is 10.3. The molecule has 0 unspecified atom stereocenters. The maximum atomic E-state index is 5.73. The predicted octanol–water partition coefficient (Wildman–Crippen LogP) is 2.09. The molecular weight excluding hydrogens is 304 g/mol. The van der Waals surface area contributed by atoms with Gasteiger partial charge < -0.3 is 5.73 Å². The molecule has 0 amide bonds. The summed E-state index contributed by atoms with van der Waals surface area (Å²) in [4.78, 5) is 5.66. The van der Waals surface area contributed by atoms with E-state index in [1.807, 2.05) is 40.4 Å². The molecule has 0 saturated heterocycles. The van der Waals surface area contributed by atoms with Crippen molar-refractivity contribution >= 4 is 33.7 Å². The quantitative estimate of drug-likeness (QED) is 0.624. The summed E-state index contributed by atoms with van der Waals surface area (Å²) in [7, 11) is 0. The Bertz CT molecular complexity index is 906. The van der Waals surface area contributed by atoms with Crippen LogP contribution in [0.5, 0.6) is 0 Å². The molecule has 0 saturated carbocycles. The van der Waals surface area contributed by atoms with Gasteiger partial charge in [-0.2, -0.15) is 0 Å². The highest BCUT2D eigenvalue weighted by atomic mass is 32.2. The summed E-state index contributed by atoms with van der Waals surface area (Å²) in [6.07, 6.45) is 4.78. The minimum atomic E-state index is 0.595. The van der Waals surface area contributed by atoms with E-state index in [0.717, 1.165) is 32.9 Å². The van der Waals surface area contributed by atoms with Crippen LogP contribution in [0, 0.1) is 0 Å². The molecule has 0 aromatic carbocycles. The smallest absolute Gasteiger partial charge is 0.201 e. The number of hydrogen-bond donors (Lipinski definition) is 1. The van der Waals surface area contributed by atoms with Crippen molar-refractivity contribution in [3.05, 3.63) is 41.7 Å². The zero-order chi connectivity index (χ0) is 14.2. The molecule has 21 heavy (non-hydrogen) atoms. The largest absolute Gasteiger partial charge is 0.330 e. The Morgan fingerprint density at radius 1 is 1.19 bits per heavy atom. The highest BCUT2D eigenvalue weighted by Gasteiger charge is 2.16. The summed E-state index contributed by atoms with van der Waals surface area (Å²) >= 11 is 3.15. The van der Waals surface area contributed by atoms with Crippen molar-refractivity contribution in [2.24, 2.45) is 5.73 Å². The van der Waals surface area contributed by atoms with Crippen LogP contribution in [0.4, 0.5) is 0 Å². The first-order valence-corrected chi connectivity index (χ1v) is 8.18. The molecule has 0 radical (unpaired) electrons. The van der Waals surface area contributed by atoms with Gasteiger partial charge in [0.15, 0.2) is 10.6 Å². The number of nitrogens with zero attached hydrogens (tertiary/aromatic N) is 5. The molecule has 8 heteroatoms. The van der Waals surface area contributed by atoms with E-state index in [2.05, 4.69) is 19.6 Å². The van der Waals surface area contributed by atoms with E-state index in [9.17, 15) is 0 Å². The normalized spacial score (nSPS) is 11.7. The predicted molar refractivity (Wildman–Crippen MR) is 82.9 cm³/mol. The summed E-state index contributed by atoms with van der Waals surface area (Å²) in [5.74, 6) is 0. The van der Waals surface area contributed by atoms with Crippen molar-refractivity contribution in [2.45, 2.75) is 16.6 Å². The number of rotatable bonds is 4. The third-order valence-corrected chi connectivity index (χ3v) is 4.91. The van der Waals surface area contributed by atoms with E-state index < -0.39 is 0 Å². The molecular formula is C13H12N6S2. The van der Waals surface area contributed by atoms with Gasteiger partial charge in [0.25, 0.3) is 0 Å². The lowest BCUT2D eigenvalue weighted by molar-refractivity contribution is 0.871. The standard InChI is InChI=1S/C13H12N6S2/c14-5-4-9-11(15-12-18(9)7-8-20-12)21-13-17-16-10-3-1-2-6-19(10)13/h1-3,6-8H,4-5,14H2. The van der Waals surface area contributed by atoms with Gasteiger partial charge in [0, 0.05) is 24.2 Å². The second-order valence-corrected chi connectivity index (χ2v) is 6.30. The van der Waals surface area contributed by atoms with Crippen LogP contribution in [0.15, 0.2) is 46.2 Å². The molecule has 106 valence electrons. The third kappa shape index (κ3) is 2.11. The number of imidazole rings is 1. The number of pyridine rings is 1. The fourth-order valence-electron chi connectivity index (χ4n) is 2.23. The Labute approximate surface area is 128 Å². The van der Waals surface area contributed by atoms with Crippen molar-refractivity contribution in [2.75, 3.05) is 6.54 Å². The molecule has 4 heterocycles. The van der Waals surface area contributed by atoms with Crippen molar-refractivity contribution in [3.8, 4) is 0 Å². The molecule has 4 aromatic heterocycles. The van der Waals surface area contributed by atoms with E-state index in [4.69, 9.17) is 5.73 Å². The van der Waals surface area contributed by atoms with E-state index in [1.54, 1.807) is 11.3 Å². The fraction of sp³-hybridized carbons (Fsp3) is 0.154. The zero-order valence-electron chi connectivity index (χ0n) is 11.0. The van der Waals surface area contributed by atoms with Gasteiger partial charge in [0.1, 0.15) is 5.03 Å². The highest BCUT2D eigenvalue weighted by Crippen LogP contribution is 2.31. The molecule has 0 fully saturated rings. The van der Waals surface area contributed by atoms with Crippen LogP contribution in [-0.4, -0.2) is 30.5 Å². The maximum absolute atomic E-state index is 5.73. The minimum absolute atomic E-state index is 0.595. The SMILES string of the molecule is NCCc1c(Sc2nnc3ccccn23)nc2sccn12. The summed E-state index contributed by atoms with van der Waals surface area (Å²) in [5.41, 5.74) is 7.70.